The van der Waals surface area contributed by atoms with Crippen molar-refractivity contribution >= 4 is 27.8 Å². The molecule has 0 aromatic heterocycles. The van der Waals surface area contributed by atoms with Gasteiger partial charge in [-0.1, -0.05) is 36.5 Å². The van der Waals surface area contributed by atoms with Gasteiger partial charge in [0.15, 0.2) is 10.9 Å². The summed E-state index contributed by atoms with van der Waals surface area (Å²) >= 11 is 0. The summed E-state index contributed by atoms with van der Waals surface area (Å²) in [4.78, 5) is 41.5. The standard InChI is InChI=1S/C23H31N3O9S/c1-7-12-34-26(36(32,33)20-11-9-8-10-17(20)25(30)31)19-14-24(22(29)35-23(4,5)6)18(21(27)28)13-16(19)15(2)3/h7-11,13,15,18-19H,1,12,14H2,2-6H3,(H,27,28)/t18-,19-/m0/s1. The van der Waals surface area contributed by atoms with E-state index >= 15 is 0 Å². The van der Waals surface area contributed by atoms with Gasteiger partial charge in [0.2, 0.25) is 0 Å². The van der Waals surface area contributed by atoms with Gasteiger partial charge < -0.3 is 9.84 Å². The highest BCUT2D eigenvalue weighted by Crippen LogP contribution is 2.34. The number of para-hydroxylation sites is 1. The summed E-state index contributed by atoms with van der Waals surface area (Å²) in [6, 6.07) is 2.14. The first-order valence-corrected chi connectivity index (χ1v) is 12.5. The first-order valence-electron chi connectivity index (χ1n) is 11.1. The van der Waals surface area contributed by atoms with Crippen molar-refractivity contribution in [2.45, 2.75) is 57.2 Å². The maximum absolute atomic E-state index is 13.7. The number of nitro benzene ring substituents is 1. The van der Waals surface area contributed by atoms with E-state index in [1.54, 1.807) is 34.6 Å². The van der Waals surface area contributed by atoms with E-state index in [0.717, 1.165) is 17.0 Å². The number of carboxylic acid groups (broad SMARTS) is 1. The van der Waals surface area contributed by atoms with Gasteiger partial charge >= 0.3 is 12.1 Å². The highest BCUT2D eigenvalue weighted by molar-refractivity contribution is 7.89. The largest absolute Gasteiger partial charge is 0.479 e. The molecule has 0 spiro atoms. The van der Waals surface area contributed by atoms with E-state index in [1.165, 1.54) is 24.3 Å². The van der Waals surface area contributed by atoms with Crippen LogP contribution in [0, 0.1) is 16.0 Å². The van der Waals surface area contributed by atoms with Crippen LogP contribution in [0.15, 0.2) is 53.5 Å². The molecule has 1 aromatic rings. The zero-order valence-corrected chi connectivity index (χ0v) is 21.6. The van der Waals surface area contributed by atoms with Gasteiger partial charge in [-0.2, -0.15) is 0 Å². The lowest BCUT2D eigenvalue weighted by Crippen LogP contribution is -2.58. The summed E-state index contributed by atoms with van der Waals surface area (Å²) in [5.74, 6) is -1.70. The van der Waals surface area contributed by atoms with E-state index in [1.807, 2.05) is 0 Å². The summed E-state index contributed by atoms with van der Waals surface area (Å²) < 4.78 is 33.4. The number of nitrogens with zero attached hydrogens (tertiary/aromatic N) is 3. The number of rotatable bonds is 9. The van der Waals surface area contributed by atoms with Crippen molar-refractivity contribution in [1.82, 2.24) is 9.37 Å². The number of aliphatic carboxylic acids is 1. The zero-order chi connectivity index (χ0) is 27.4. The molecule has 0 bridgehead atoms. The maximum Gasteiger partial charge on any atom is 0.411 e. The van der Waals surface area contributed by atoms with Crippen LogP contribution in [-0.4, -0.2) is 70.7 Å². The van der Waals surface area contributed by atoms with Crippen LogP contribution >= 0.6 is 0 Å². The second-order valence-electron chi connectivity index (χ2n) is 9.32. The minimum absolute atomic E-state index is 0.281. The lowest BCUT2D eigenvalue weighted by atomic mass is 9.90. The van der Waals surface area contributed by atoms with Gasteiger partial charge in [-0.25, -0.2) is 18.0 Å². The number of hydrogen-bond acceptors (Lipinski definition) is 8. The van der Waals surface area contributed by atoms with Gasteiger partial charge in [-0.05, 0) is 44.4 Å². The molecule has 1 N–H and O–H groups in total. The van der Waals surface area contributed by atoms with E-state index in [-0.39, 0.29) is 12.5 Å². The Morgan fingerprint density at radius 1 is 1.33 bits per heavy atom. The zero-order valence-electron chi connectivity index (χ0n) is 20.8. The van der Waals surface area contributed by atoms with Crippen LogP contribution in [0.5, 0.6) is 0 Å². The van der Waals surface area contributed by atoms with Crippen LogP contribution in [0.25, 0.3) is 0 Å². The lowest BCUT2D eigenvalue weighted by Gasteiger charge is -2.41. The van der Waals surface area contributed by atoms with Gasteiger partial charge in [-0.3, -0.25) is 19.9 Å². The molecule has 0 aliphatic carbocycles. The quantitative estimate of drug-likeness (QED) is 0.290. The third kappa shape index (κ3) is 6.47. The minimum Gasteiger partial charge on any atom is -0.479 e. The van der Waals surface area contributed by atoms with Gasteiger partial charge in [0.1, 0.15) is 5.60 Å². The van der Waals surface area contributed by atoms with Crippen molar-refractivity contribution < 1.29 is 37.6 Å². The van der Waals surface area contributed by atoms with Gasteiger partial charge in [0.05, 0.1) is 17.6 Å². The van der Waals surface area contributed by atoms with Crippen molar-refractivity contribution in [3.05, 3.63) is 58.7 Å². The minimum atomic E-state index is -4.68. The van der Waals surface area contributed by atoms with Crippen molar-refractivity contribution in [2.24, 2.45) is 5.92 Å². The SMILES string of the molecule is C=CCON([C@H]1CN(C(=O)OC(C)(C)C)[C@H](C(=O)O)C=C1C(C)C)S(=O)(=O)c1ccccc1[N+](=O)[O-]. The van der Waals surface area contributed by atoms with Crippen molar-refractivity contribution in [2.75, 3.05) is 13.2 Å². The highest BCUT2D eigenvalue weighted by Gasteiger charge is 2.46. The molecule has 12 nitrogen and oxygen atoms in total. The van der Waals surface area contributed by atoms with Crippen molar-refractivity contribution in [3.8, 4) is 0 Å². The molecule has 36 heavy (non-hydrogen) atoms. The Hall–Kier alpha value is -3.29. The predicted molar refractivity (Wildman–Crippen MR) is 129 cm³/mol. The van der Waals surface area contributed by atoms with Crippen LogP contribution < -0.4 is 0 Å². The Bertz CT molecular complexity index is 1160. The Morgan fingerprint density at radius 3 is 2.44 bits per heavy atom. The van der Waals surface area contributed by atoms with Crippen LogP contribution in [0.4, 0.5) is 10.5 Å². The number of amides is 1. The Labute approximate surface area is 209 Å². The summed E-state index contributed by atoms with van der Waals surface area (Å²) in [5, 5.41) is 21.4. The first-order chi connectivity index (χ1) is 16.6. The topological polar surface area (TPSA) is 157 Å². The average molecular weight is 526 g/mol. The lowest BCUT2D eigenvalue weighted by molar-refractivity contribution is -0.388. The van der Waals surface area contributed by atoms with Crippen molar-refractivity contribution in [3.63, 3.8) is 0 Å². The number of carbonyl (C=O) groups excluding carboxylic acids is 1. The summed E-state index contributed by atoms with van der Waals surface area (Å²) in [6.45, 7) is 11.1. The predicted octanol–water partition coefficient (Wildman–Crippen LogP) is 3.36. The summed E-state index contributed by atoms with van der Waals surface area (Å²) in [5.41, 5.74) is -1.26. The number of hydroxylamine groups is 1. The molecule has 2 rings (SSSR count). The van der Waals surface area contributed by atoms with Crippen molar-refractivity contribution in [1.29, 1.82) is 0 Å². The molecule has 1 heterocycles. The highest BCUT2D eigenvalue weighted by atomic mass is 32.2. The van der Waals surface area contributed by atoms with Gasteiger partial charge in [0.25, 0.3) is 15.7 Å². The number of hydrogen-bond donors (Lipinski definition) is 1. The molecular formula is C23H31N3O9S. The Morgan fingerprint density at radius 2 is 1.94 bits per heavy atom. The summed E-state index contributed by atoms with van der Waals surface area (Å²) in [7, 11) is -4.68. The van der Waals surface area contributed by atoms with Crippen LogP contribution in [0.1, 0.15) is 34.6 Å². The molecule has 13 heteroatoms. The Kier molecular flexibility index (Phi) is 8.99. The van der Waals surface area contributed by atoms with Crippen LogP contribution in [0.3, 0.4) is 0 Å². The fourth-order valence-corrected chi connectivity index (χ4v) is 5.22. The Balaban J connectivity index is 2.72. The van der Waals surface area contributed by atoms with Crippen LogP contribution in [0.2, 0.25) is 0 Å². The molecule has 198 valence electrons. The molecule has 1 amide bonds. The van der Waals surface area contributed by atoms with Gasteiger partial charge in [-0.15, -0.1) is 6.58 Å². The second kappa shape index (κ2) is 11.2. The van der Waals surface area contributed by atoms with E-state index in [0.29, 0.717) is 10.0 Å². The number of carboxylic acids is 1. The molecule has 0 saturated carbocycles. The van der Waals surface area contributed by atoms with E-state index < -0.39 is 61.8 Å². The van der Waals surface area contributed by atoms with E-state index in [4.69, 9.17) is 9.57 Å². The monoisotopic (exact) mass is 525 g/mol. The summed E-state index contributed by atoms with van der Waals surface area (Å²) in [6.07, 6.45) is 1.60. The maximum atomic E-state index is 13.7. The fourth-order valence-electron chi connectivity index (χ4n) is 3.64. The molecule has 1 aliphatic rings. The molecule has 0 unspecified atom stereocenters. The normalized spacial score (nSPS) is 18.6. The smallest absolute Gasteiger partial charge is 0.411 e. The number of carbonyl (C=O) groups is 2. The first kappa shape index (κ1) is 28.9. The molecule has 0 saturated heterocycles. The number of nitro groups is 1. The average Bonchev–Trinajstić information content (AvgIpc) is 2.77. The molecule has 1 aromatic carbocycles. The van der Waals surface area contributed by atoms with E-state index in [2.05, 4.69) is 6.58 Å². The molecule has 0 radical (unpaired) electrons. The third-order valence-electron chi connectivity index (χ3n) is 5.14. The number of ether oxygens (including phenoxy) is 1. The molecule has 0 fully saturated rings. The fraction of sp³-hybridized carbons (Fsp3) is 0.478. The van der Waals surface area contributed by atoms with E-state index in [9.17, 15) is 33.2 Å². The number of sulfonamides is 1. The number of benzene rings is 1. The third-order valence-corrected chi connectivity index (χ3v) is 6.87. The molecule has 1 aliphatic heterocycles. The molecule has 2 atom stereocenters. The second-order valence-corrected chi connectivity index (χ2v) is 11.1. The molecular weight excluding hydrogens is 494 g/mol. The van der Waals surface area contributed by atoms with Gasteiger partial charge in [0, 0.05) is 12.6 Å². The van der Waals surface area contributed by atoms with Crippen LogP contribution in [-0.2, 0) is 24.4 Å².